The number of allylic oxidation sites excluding steroid dienone is 1. The number of nitrogens with zero attached hydrogens (tertiary/aromatic N) is 1. The molecule has 2 aliphatic rings. The number of rotatable bonds is 4. The highest BCUT2D eigenvalue weighted by Gasteiger charge is 2.52. The second kappa shape index (κ2) is 3.40. The molecule has 0 aliphatic carbocycles. The molecule has 0 spiro atoms. The molecule has 1 amide bonds. The lowest BCUT2D eigenvalue weighted by Crippen LogP contribution is -2.03. The summed E-state index contributed by atoms with van der Waals surface area (Å²) >= 11 is 0. The first-order chi connectivity index (χ1) is 6.34. The minimum atomic E-state index is -0.160. The minimum Gasteiger partial charge on any atom is -0.447 e. The van der Waals surface area contributed by atoms with Crippen LogP contribution in [0.5, 0.6) is 0 Å². The van der Waals surface area contributed by atoms with Crippen molar-refractivity contribution in [1.29, 1.82) is 0 Å². The van der Waals surface area contributed by atoms with Crippen LogP contribution in [0.3, 0.4) is 0 Å². The quantitative estimate of drug-likeness (QED) is 0.492. The Morgan fingerprint density at radius 3 is 3.08 bits per heavy atom. The summed E-state index contributed by atoms with van der Waals surface area (Å²) in [5.74, 6) is 0. The summed E-state index contributed by atoms with van der Waals surface area (Å²) in [7, 11) is 0. The molecule has 3 heteroatoms. The Kier molecular flexibility index (Phi) is 2.25. The van der Waals surface area contributed by atoms with Crippen LogP contribution in [0.4, 0.5) is 4.79 Å². The summed E-state index contributed by atoms with van der Waals surface area (Å²) in [5, 5.41) is 0. The fourth-order valence-corrected chi connectivity index (χ4v) is 1.75. The van der Waals surface area contributed by atoms with E-state index in [-0.39, 0.29) is 6.09 Å². The second-order valence-electron chi connectivity index (χ2n) is 3.59. The van der Waals surface area contributed by atoms with Gasteiger partial charge in [-0.25, -0.2) is 4.79 Å². The summed E-state index contributed by atoms with van der Waals surface area (Å²) in [6.45, 7) is 2.76. The number of fused-ring (bicyclic) bond motifs is 1. The Hall–Kier alpha value is -0.990. The Morgan fingerprint density at radius 2 is 2.46 bits per heavy atom. The van der Waals surface area contributed by atoms with Gasteiger partial charge in [0.2, 0.25) is 0 Å². The number of hydrogen-bond acceptors (Lipinski definition) is 2. The lowest BCUT2D eigenvalue weighted by Gasteiger charge is -1.95. The normalized spacial score (nSPS) is 27.8. The Bertz CT molecular complexity index is 247. The van der Waals surface area contributed by atoms with Gasteiger partial charge in [0.05, 0.1) is 0 Å². The zero-order valence-electron chi connectivity index (χ0n) is 7.95. The van der Waals surface area contributed by atoms with Crippen LogP contribution in [0.2, 0.25) is 0 Å². The molecule has 2 aliphatic heterocycles. The van der Waals surface area contributed by atoms with Gasteiger partial charge in [-0.05, 0) is 12.8 Å². The van der Waals surface area contributed by atoms with Crippen molar-refractivity contribution in [3.05, 3.63) is 11.8 Å². The van der Waals surface area contributed by atoms with E-state index >= 15 is 0 Å². The second-order valence-corrected chi connectivity index (χ2v) is 3.59. The van der Waals surface area contributed by atoms with Crippen LogP contribution in [-0.4, -0.2) is 23.6 Å². The van der Waals surface area contributed by atoms with Gasteiger partial charge < -0.3 is 4.74 Å². The largest absolute Gasteiger partial charge is 0.447 e. The predicted octanol–water partition coefficient (Wildman–Crippen LogP) is 2.29. The molecule has 2 heterocycles. The van der Waals surface area contributed by atoms with Gasteiger partial charge in [0.1, 0.15) is 12.6 Å². The van der Waals surface area contributed by atoms with Crippen molar-refractivity contribution in [2.75, 3.05) is 6.61 Å². The zero-order valence-corrected chi connectivity index (χ0v) is 7.95. The standard InChI is InChI=1S/C10H15NO2/c1-2-3-4-5-6-8-9-7-13-10(12)11(8)9/h6,9H,2-5,7H2,1H3/b8-6+. The average molecular weight is 181 g/mol. The van der Waals surface area contributed by atoms with E-state index in [4.69, 9.17) is 4.74 Å². The molecule has 2 rings (SSSR count). The SMILES string of the molecule is CCCCC/C=C1\C2COC(=O)N12. The van der Waals surface area contributed by atoms with Crippen molar-refractivity contribution in [3.8, 4) is 0 Å². The summed E-state index contributed by atoms with van der Waals surface area (Å²) in [6.07, 6.45) is 6.88. The molecule has 0 bridgehead atoms. The van der Waals surface area contributed by atoms with Crippen LogP contribution >= 0.6 is 0 Å². The van der Waals surface area contributed by atoms with Crippen molar-refractivity contribution in [2.45, 2.75) is 38.6 Å². The van der Waals surface area contributed by atoms with Gasteiger partial charge in [-0.2, -0.15) is 0 Å². The molecule has 0 N–H and O–H groups in total. The smallest absolute Gasteiger partial charge is 0.414 e. The zero-order chi connectivity index (χ0) is 9.26. The van der Waals surface area contributed by atoms with Gasteiger partial charge in [0, 0.05) is 5.70 Å². The molecule has 3 nitrogen and oxygen atoms in total. The Morgan fingerprint density at radius 1 is 1.62 bits per heavy atom. The highest BCUT2D eigenvalue weighted by Crippen LogP contribution is 2.39. The van der Waals surface area contributed by atoms with Gasteiger partial charge in [0.25, 0.3) is 0 Å². The van der Waals surface area contributed by atoms with E-state index in [1.165, 1.54) is 25.0 Å². The minimum absolute atomic E-state index is 0.160. The Labute approximate surface area is 78.4 Å². The molecule has 72 valence electrons. The first kappa shape index (κ1) is 8.60. The van der Waals surface area contributed by atoms with E-state index in [9.17, 15) is 4.79 Å². The summed E-state index contributed by atoms with van der Waals surface area (Å²) < 4.78 is 4.82. The maximum atomic E-state index is 11.0. The molecule has 13 heavy (non-hydrogen) atoms. The van der Waals surface area contributed by atoms with E-state index in [1.54, 1.807) is 4.90 Å². The molecule has 0 aromatic rings. The monoisotopic (exact) mass is 181 g/mol. The van der Waals surface area contributed by atoms with Gasteiger partial charge in [0.15, 0.2) is 0 Å². The number of carbonyl (C=O) groups excluding carboxylic acids is 1. The predicted molar refractivity (Wildman–Crippen MR) is 49.2 cm³/mol. The van der Waals surface area contributed by atoms with Crippen LogP contribution in [0.1, 0.15) is 32.6 Å². The molecule has 2 fully saturated rings. The van der Waals surface area contributed by atoms with Gasteiger partial charge in [-0.3, -0.25) is 4.90 Å². The fourth-order valence-electron chi connectivity index (χ4n) is 1.75. The maximum Gasteiger partial charge on any atom is 0.414 e. The molecule has 0 radical (unpaired) electrons. The van der Waals surface area contributed by atoms with E-state index in [1.807, 2.05) is 0 Å². The third-order valence-corrected chi connectivity index (χ3v) is 2.59. The van der Waals surface area contributed by atoms with Gasteiger partial charge >= 0.3 is 6.09 Å². The molecule has 1 atom stereocenters. The summed E-state index contributed by atoms with van der Waals surface area (Å²) in [4.78, 5) is 12.7. The maximum absolute atomic E-state index is 11.0. The third-order valence-electron chi connectivity index (χ3n) is 2.59. The van der Waals surface area contributed by atoms with Crippen LogP contribution < -0.4 is 0 Å². The highest BCUT2D eigenvalue weighted by atomic mass is 16.6. The molecule has 0 aromatic carbocycles. The Balaban J connectivity index is 1.75. The summed E-state index contributed by atoms with van der Waals surface area (Å²) in [6, 6.07) is 0.300. The van der Waals surface area contributed by atoms with Crippen LogP contribution in [0.25, 0.3) is 0 Å². The average Bonchev–Trinajstić information content (AvgIpc) is 2.69. The molecule has 0 saturated carbocycles. The third kappa shape index (κ3) is 1.55. The molecule has 0 aromatic heterocycles. The van der Waals surface area contributed by atoms with Crippen molar-refractivity contribution in [1.82, 2.24) is 4.90 Å². The van der Waals surface area contributed by atoms with Crippen LogP contribution in [0.15, 0.2) is 11.8 Å². The van der Waals surface area contributed by atoms with Crippen molar-refractivity contribution < 1.29 is 9.53 Å². The van der Waals surface area contributed by atoms with E-state index in [2.05, 4.69) is 13.0 Å². The highest BCUT2D eigenvalue weighted by molar-refractivity contribution is 5.79. The molecular weight excluding hydrogens is 166 g/mol. The van der Waals surface area contributed by atoms with Gasteiger partial charge in [-0.1, -0.05) is 25.8 Å². The first-order valence-electron chi connectivity index (χ1n) is 5.00. The number of ether oxygens (including phenoxy) is 1. The van der Waals surface area contributed by atoms with Crippen molar-refractivity contribution in [2.24, 2.45) is 0 Å². The number of hydrogen-bond donors (Lipinski definition) is 0. The van der Waals surface area contributed by atoms with Crippen molar-refractivity contribution >= 4 is 6.09 Å². The number of unbranched alkanes of at least 4 members (excludes halogenated alkanes) is 3. The van der Waals surface area contributed by atoms with Crippen LogP contribution in [0, 0.1) is 0 Å². The van der Waals surface area contributed by atoms with Gasteiger partial charge in [-0.15, -0.1) is 0 Å². The van der Waals surface area contributed by atoms with E-state index < -0.39 is 0 Å². The molecule has 2 saturated heterocycles. The summed E-state index contributed by atoms with van der Waals surface area (Å²) in [5.41, 5.74) is 1.19. The topological polar surface area (TPSA) is 29.3 Å². The van der Waals surface area contributed by atoms with E-state index in [0.717, 1.165) is 6.42 Å². The number of carbonyl (C=O) groups is 1. The fraction of sp³-hybridized carbons (Fsp3) is 0.700. The van der Waals surface area contributed by atoms with E-state index in [0.29, 0.717) is 12.6 Å². The van der Waals surface area contributed by atoms with Crippen LogP contribution in [-0.2, 0) is 4.74 Å². The first-order valence-corrected chi connectivity index (χ1v) is 5.00. The molecular formula is C10H15NO2. The molecule has 1 unspecified atom stereocenters. The lowest BCUT2D eigenvalue weighted by atomic mass is 10.2. The van der Waals surface area contributed by atoms with Crippen molar-refractivity contribution in [3.63, 3.8) is 0 Å². The number of amides is 1. The lowest BCUT2D eigenvalue weighted by molar-refractivity contribution is 0.163. The number of cyclic esters (lactones) is 1.